The van der Waals surface area contributed by atoms with E-state index >= 15 is 0 Å². The number of carbonyl (C=O) groups is 2. The van der Waals surface area contributed by atoms with Crippen molar-refractivity contribution in [2.45, 2.75) is 59.7 Å². The number of aryl methyl sites for hydroxylation is 1. The maximum Gasteiger partial charge on any atom is 0.351 e. The van der Waals surface area contributed by atoms with Gasteiger partial charge in [0.1, 0.15) is 9.88 Å². The summed E-state index contributed by atoms with van der Waals surface area (Å²) in [6, 6.07) is 2.06. The van der Waals surface area contributed by atoms with Gasteiger partial charge in [-0.3, -0.25) is 4.79 Å². The molecule has 0 radical (unpaired) electrons. The third-order valence-corrected chi connectivity index (χ3v) is 5.62. The number of aromatic nitrogens is 1. The number of carbonyl (C=O) groups excluding carboxylic acids is 2. The Kier molecular flexibility index (Phi) is 6.35. The zero-order chi connectivity index (χ0) is 18.7. The number of nitrogens with zero attached hydrogens (tertiary/aromatic N) is 2. The van der Waals surface area contributed by atoms with Crippen LogP contribution in [0.4, 0.5) is 0 Å². The number of amides is 1. The van der Waals surface area contributed by atoms with E-state index in [9.17, 15) is 9.59 Å². The summed E-state index contributed by atoms with van der Waals surface area (Å²) >= 11 is 2.88. The Labute approximate surface area is 156 Å². The second kappa shape index (κ2) is 8.10. The molecule has 0 aliphatic rings. The summed E-state index contributed by atoms with van der Waals surface area (Å²) in [6.45, 7) is 11.2. The molecule has 0 N–H and O–H groups in total. The van der Waals surface area contributed by atoms with Crippen molar-refractivity contribution in [2.24, 2.45) is 0 Å². The first-order valence-corrected chi connectivity index (χ1v) is 10.0. The summed E-state index contributed by atoms with van der Waals surface area (Å²) in [7, 11) is 0. The molecule has 0 spiro atoms. The van der Waals surface area contributed by atoms with E-state index in [-0.39, 0.29) is 18.0 Å². The quantitative estimate of drug-likeness (QED) is 0.698. The SMILES string of the molecule is Cc1nc(-c2ccsc2)sc1C(=O)OC(C)C(=O)N(C(C)C)C(C)C. The van der Waals surface area contributed by atoms with Crippen molar-refractivity contribution < 1.29 is 14.3 Å². The molecule has 2 aromatic rings. The largest absolute Gasteiger partial charge is 0.448 e. The summed E-state index contributed by atoms with van der Waals surface area (Å²) in [4.78, 5) is 31.7. The highest BCUT2D eigenvalue weighted by atomic mass is 32.1. The van der Waals surface area contributed by atoms with Gasteiger partial charge >= 0.3 is 5.97 Å². The Morgan fingerprint density at radius 2 is 1.80 bits per heavy atom. The second-order valence-corrected chi connectivity index (χ2v) is 8.21. The van der Waals surface area contributed by atoms with Gasteiger partial charge in [0.2, 0.25) is 0 Å². The molecule has 0 bridgehead atoms. The first-order chi connectivity index (χ1) is 11.7. The summed E-state index contributed by atoms with van der Waals surface area (Å²) in [6.07, 6.45) is -0.830. The molecular weight excluding hydrogens is 356 g/mol. The molecule has 0 aromatic carbocycles. The van der Waals surface area contributed by atoms with Crippen LogP contribution in [0.2, 0.25) is 0 Å². The topological polar surface area (TPSA) is 59.5 Å². The molecule has 5 nitrogen and oxygen atoms in total. The van der Waals surface area contributed by atoms with E-state index in [2.05, 4.69) is 4.98 Å². The van der Waals surface area contributed by atoms with Crippen LogP contribution in [0.3, 0.4) is 0 Å². The fraction of sp³-hybridized carbons (Fsp3) is 0.500. The minimum atomic E-state index is -0.830. The average Bonchev–Trinajstić information content (AvgIpc) is 3.15. The van der Waals surface area contributed by atoms with Crippen molar-refractivity contribution in [2.75, 3.05) is 0 Å². The molecule has 136 valence electrons. The van der Waals surface area contributed by atoms with Crippen LogP contribution < -0.4 is 0 Å². The fourth-order valence-electron chi connectivity index (χ4n) is 2.68. The Hall–Kier alpha value is -1.73. The third-order valence-electron chi connectivity index (χ3n) is 3.75. The minimum Gasteiger partial charge on any atom is -0.448 e. The molecule has 1 amide bonds. The number of thiophene rings is 1. The van der Waals surface area contributed by atoms with Gasteiger partial charge < -0.3 is 9.64 Å². The molecule has 1 unspecified atom stereocenters. The van der Waals surface area contributed by atoms with Gasteiger partial charge in [0.15, 0.2) is 6.10 Å². The molecular formula is C18H24N2O3S2. The van der Waals surface area contributed by atoms with Crippen molar-refractivity contribution >= 4 is 34.6 Å². The number of hydrogen-bond donors (Lipinski definition) is 0. The Morgan fingerprint density at radius 1 is 1.16 bits per heavy atom. The average molecular weight is 381 g/mol. The molecule has 0 aliphatic heterocycles. The predicted octanol–water partition coefficient (Wildman–Crippen LogP) is 4.37. The lowest BCUT2D eigenvalue weighted by molar-refractivity contribution is -0.143. The van der Waals surface area contributed by atoms with Crippen molar-refractivity contribution in [1.29, 1.82) is 0 Å². The maximum atomic E-state index is 12.6. The molecule has 2 heterocycles. The molecule has 0 fully saturated rings. The van der Waals surface area contributed by atoms with E-state index in [1.54, 1.807) is 30.1 Å². The summed E-state index contributed by atoms with van der Waals surface area (Å²) < 4.78 is 5.43. The van der Waals surface area contributed by atoms with Gasteiger partial charge in [-0.25, -0.2) is 9.78 Å². The van der Waals surface area contributed by atoms with Gasteiger partial charge in [-0.05, 0) is 53.0 Å². The molecule has 0 saturated carbocycles. The van der Waals surface area contributed by atoms with Crippen LogP contribution in [-0.4, -0.2) is 39.9 Å². The zero-order valence-corrected chi connectivity index (χ0v) is 17.0. The number of esters is 1. The van der Waals surface area contributed by atoms with Gasteiger partial charge in [-0.1, -0.05) is 0 Å². The van der Waals surface area contributed by atoms with E-state index < -0.39 is 12.1 Å². The summed E-state index contributed by atoms with van der Waals surface area (Å²) in [5.74, 6) is -0.677. The van der Waals surface area contributed by atoms with Gasteiger partial charge in [-0.2, -0.15) is 11.3 Å². The molecule has 2 rings (SSSR count). The lowest BCUT2D eigenvalue weighted by atomic mass is 10.2. The van der Waals surface area contributed by atoms with E-state index in [1.807, 2.05) is 44.5 Å². The lowest BCUT2D eigenvalue weighted by Gasteiger charge is -2.32. The first kappa shape index (κ1) is 19.6. The monoisotopic (exact) mass is 380 g/mol. The first-order valence-electron chi connectivity index (χ1n) is 8.25. The Morgan fingerprint density at radius 3 is 2.32 bits per heavy atom. The van der Waals surface area contributed by atoms with Gasteiger partial charge in [-0.15, -0.1) is 11.3 Å². The third kappa shape index (κ3) is 4.46. The maximum absolute atomic E-state index is 12.6. The molecule has 1 atom stereocenters. The number of rotatable bonds is 6. The fourth-order valence-corrected chi connectivity index (χ4v) is 4.34. The van der Waals surface area contributed by atoms with Crippen molar-refractivity contribution in [1.82, 2.24) is 9.88 Å². The molecule has 0 saturated heterocycles. The predicted molar refractivity (Wildman–Crippen MR) is 102 cm³/mol. The minimum absolute atomic E-state index is 0.0454. The van der Waals surface area contributed by atoms with Crippen LogP contribution in [0.25, 0.3) is 10.6 Å². The standard InChI is InChI=1S/C18H24N2O3S2/c1-10(2)20(11(3)4)17(21)13(6)23-18(22)15-12(5)19-16(25-15)14-7-8-24-9-14/h7-11,13H,1-6H3. The van der Waals surface area contributed by atoms with E-state index in [0.29, 0.717) is 10.6 Å². The number of thiazole rings is 1. The van der Waals surface area contributed by atoms with Crippen LogP contribution in [0.1, 0.15) is 50.0 Å². The zero-order valence-electron chi connectivity index (χ0n) is 15.4. The normalized spacial score (nSPS) is 12.5. The highest BCUT2D eigenvalue weighted by Gasteiger charge is 2.29. The molecule has 0 aliphatic carbocycles. The van der Waals surface area contributed by atoms with E-state index in [1.165, 1.54) is 11.3 Å². The summed E-state index contributed by atoms with van der Waals surface area (Å²) in [5, 5.41) is 4.75. The smallest absolute Gasteiger partial charge is 0.351 e. The molecule has 7 heteroatoms. The van der Waals surface area contributed by atoms with Crippen molar-refractivity contribution in [3.63, 3.8) is 0 Å². The highest BCUT2D eigenvalue weighted by molar-refractivity contribution is 7.17. The van der Waals surface area contributed by atoms with Gasteiger partial charge in [0.05, 0.1) is 5.69 Å². The Balaban J connectivity index is 2.12. The van der Waals surface area contributed by atoms with Crippen LogP contribution >= 0.6 is 22.7 Å². The lowest BCUT2D eigenvalue weighted by Crippen LogP contribution is -2.47. The molecule has 25 heavy (non-hydrogen) atoms. The van der Waals surface area contributed by atoms with Crippen LogP contribution in [-0.2, 0) is 9.53 Å². The molecule has 2 aromatic heterocycles. The van der Waals surface area contributed by atoms with Crippen molar-refractivity contribution in [3.05, 3.63) is 27.4 Å². The van der Waals surface area contributed by atoms with E-state index in [0.717, 1.165) is 10.6 Å². The number of hydrogen-bond acceptors (Lipinski definition) is 6. The Bertz CT molecular complexity index is 728. The van der Waals surface area contributed by atoms with Crippen LogP contribution in [0.5, 0.6) is 0 Å². The van der Waals surface area contributed by atoms with E-state index in [4.69, 9.17) is 4.74 Å². The van der Waals surface area contributed by atoms with Crippen molar-refractivity contribution in [3.8, 4) is 10.6 Å². The highest BCUT2D eigenvalue weighted by Crippen LogP contribution is 2.30. The second-order valence-electron chi connectivity index (χ2n) is 6.43. The van der Waals surface area contributed by atoms with Crippen LogP contribution in [0.15, 0.2) is 16.8 Å². The van der Waals surface area contributed by atoms with Gasteiger partial charge in [0.25, 0.3) is 5.91 Å². The number of ether oxygens (including phenoxy) is 1. The summed E-state index contributed by atoms with van der Waals surface area (Å²) in [5.41, 5.74) is 1.62. The van der Waals surface area contributed by atoms with Gasteiger partial charge in [0, 0.05) is 23.0 Å². The van der Waals surface area contributed by atoms with Crippen LogP contribution in [0, 0.1) is 6.92 Å².